The molecule has 0 spiro atoms. The third-order valence-corrected chi connectivity index (χ3v) is 5.20. The Morgan fingerprint density at radius 1 is 0.815 bits per heavy atom. The lowest BCUT2D eigenvalue weighted by Gasteiger charge is -2.17. The molecule has 0 radical (unpaired) electrons. The van der Waals surface area contributed by atoms with Crippen molar-refractivity contribution in [3.05, 3.63) is 34.4 Å². The van der Waals surface area contributed by atoms with E-state index in [1.165, 1.54) is 51.0 Å². The Balaban J connectivity index is 2.61. The van der Waals surface area contributed by atoms with Crippen molar-refractivity contribution in [3.63, 3.8) is 0 Å². The number of carboxylic acids is 2. The molecule has 2 N–H and O–H groups in total. The largest absolute Gasteiger partial charge is 0.478 e. The molecule has 27 heavy (non-hydrogen) atoms. The maximum absolute atomic E-state index is 11.7. The lowest BCUT2D eigenvalue weighted by Crippen LogP contribution is -2.14. The molecule has 0 aromatic heterocycles. The van der Waals surface area contributed by atoms with Gasteiger partial charge in [-0.1, -0.05) is 84.6 Å². The first kappa shape index (κ1) is 23.2. The van der Waals surface area contributed by atoms with Crippen LogP contribution in [-0.4, -0.2) is 22.2 Å². The smallest absolute Gasteiger partial charge is 0.336 e. The fraction of sp³-hybridized carbons (Fsp3) is 0.652. The first-order valence-electron chi connectivity index (χ1n) is 10.5. The number of benzene rings is 1. The van der Waals surface area contributed by atoms with Crippen LogP contribution in [0.15, 0.2) is 12.1 Å². The van der Waals surface area contributed by atoms with Gasteiger partial charge in [0.15, 0.2) is 0 Å². The van der Waals surface area contributed by atoms with E-state index in [9.17, 15) is 19.8 Å². The minimum absolute atomic E-state index is 0.0235. The lowest BCUT2D eigenvalue weighted by molar-refractivity contribution is 0.0650. The summed E-state index contributed by atoms with van der Waals surface area (Å²) < 4.78 is 0. The molecular weight excluding hydrogens is 340 g/mol. The number of carbonyl (C=O) groups is 2. The van der Waals surface area contributed by atoms with E-state index in [4.69, 9.17) is 0 Å². The van der Waals surface area contributed by atoms with Crippen LogP contribution >= 0.6 is 0 Å². The number of hydrogen-bond acceptors (Lipinski definition) is 2. The van der Waals surface area contributed by atoms with Crippen molar-refractivity contribution < 1.29 is 19.8 Å². The van der Waals surface area contributed by atoms with E-state index >= 15 is 0 Å². The van der Waals surface area contributed by atoms with E-state index in [1.54, 1.807) is 6.07 Å². The van der Waals surface area contributed by atoms with Crippen LogP contribution in [0.1, 0.15) is 123 Å². The molecule has 1 aromatic rings. The first-order chi connectivity index (χ1) is 12.9. The second-order valence-corrected chi connectivity index (χ2v) is 7.75. The van der Waals surface area contributed by atoms with Crippen molar-refractivity contribution in [2.75, 3.05) is 0 Å². The van der Waals surface area contributed by atoms with E-state index in [0.717, 1.165) is 24.8 Å². The molecule has 0 bridgehead atoms. The molecule has 0 aliphatic rings. The Labute approximate surface area is 164 Å². The van der Waals surface area contributed by atoms with Gasteiger partial charge in [-0.2, -0.15) is 0 Å². The minimum atomic E-state index is -1.17. The summed E-state index contributed by atoms with van der Waals surface area (Å²) >= 11 is 0. The molecular formula is C23H36O4. The van der Waals surface area contributed by atoms with E-state index < -0.39 is 11.9 Å². The second kappa shape index (κ2) is 12.5. The lowest BCUT2D eigenvalue weighted by atomic mass is 9.87. The van der Waals surface area contributed by atoms with Crippen LogP contribution < -0.4 is 0 Å². The van der Waals surface area contributed by atoms with Gasteiger partial charge in [-0.3, -0.25) is 0 Å². The molecule has 0 aliphatic carbocycles. The zero-order valence-corrected chi connectivity index (χ0v) is 17.2. The van der Waals surface area contributed by atoms with Gasteiger partial charge in [0.05, 0.1) is 11.1 Å². The van der Waals surface area contributed by atoms with E-state index in [2.05, 4.69) is 6.92 Å². The van der Waals surface area contributed by atoms with Crippen molar-refractivity contribution in [1.29, 1.82) is 0 Å². The predicted molar refractivity (Wildman–Crippen MR) is 110 cm³/mol. The Morgan fingerprint density at radius 2 is 1.33 bits per heavy atom. The molecule has 0 aliphatic heterocycles. The van der Waals surface area contributed by atoms with Crippen LogP contribution in [0.2, 0.25) is 0 Å². The first-order valence-corrected chi connectivity index (χ1v) is 10.5. The zero-order chi connectivity index (χ0) is 20.2. The van der Waals surface area contributed by atoms with Gasteiger partial charge < -0.3 is 10.2 Å². The van der Waals surface area contributed by atoms with Crippen LogP contribution in [0.4, 0.5) is 0 Å². The van der Waals surface area contributed by atoms with Gasteiger partial charge in [-0.05, 0) is 36.0 Å². The normalized spacial score (nSPS) is 11.1. The molecule has 4 nitrogen and oxygen atoms in total. The summed E-state index contributed by atoms with van der Waals surface area (Å²) in [7, 11) is 0. The van der Waals surface area contributed by atoms with Gasteiger partial charge in [-0.15, -0.1) is 0 Å². The monoisotopic (exact) mass is 376 g/mol. The molecule has 0 fully saturated rings. The second-order valence-electron chi connectivity index (χ2n) is 7.75. The summed E-state index contributed by atoms with van der Waals surface area (Å²) in [5, 5.41) is 19.0. The molecule has 0 saturated heterocycles. The average molecular weight is 377 g/mol. The van der Waals surface area contributed by atoms with Crippen LogP contribution in [0.3, 0.4) is 0 Å². The highest BCUT2D eigenvalue weighted by molar-refractivity contribution is 6.03. The summed E-state index contributed by atoms with van der Waals surface area (Å²) in [6.45, 7) is 6.26. The molecule has 0 heterocycles. The van der Waals surface area contributed by atoms with Gasteiger partial charge in [0.1, 0.15) is 0 Å². The van der Waals surface area contributed by atoms with E-state index in [0.29, 0.717) is 12.0 Å². The van der Waals surface area contributed by atoms with Gasteiger partial charge in [0.25, 0.3) is 0 Å². The Bertz CT molecular complexity index is 605. The van der Waals surface area contributed by atoms with E-state index in [-0.39, 0.29) is 17.0 Å². The highest BCUT2D eigenvalue weighted by Crippen LogP contribution is 2.28. The van der Waals surface area contributed by atoms with Crippen molar-refractivity contribution in [3.8, 4) is 0 Å². The number of aromatic carboxylic acids is 2. The SMILES string of the molecule is CCCCCCCCCCCCc1c(C(C)C)ccc(C(=O)O)c1C(=O)O. The van der Waals surface area contributed by atoms with E-state index in [1.807, 2.05) is 13.8 Å². The molecule has 1 aromatic carbocycles. The molecule has 0 amide bonds. The summed E-state index contributed by atoms with van der Waals surface area (Å²) in [6, 6.07) is 3.22. The molecule has 1 rings (SSSR count). The third kappa shape index (κ3) is 7.74. The number of rotatable bonds is 14. The van der Waals surface area contributed by atoms with Gasteiger partial charge in [0.2, 0.25) is 0 Å². The fourth-order valence-corrected chi connectivity index (χ4v) is 3.69. The molecule has 0 saturated carbocycles. The number of unbranched alkanes of at least 4 members (excludes halogenated alkanes) is 9. The number of carboxylic acid groups (broad SMARTS) is 2. The highest BCUT2D eigenvalue weighted by Gasteiger charge is 2.23. The summed E-state index contributed by atoms with van der Waals surface area (Å²) in [5.41, 5.74) is 1.53. The minimum Gasteiger partial charge on any atom is -0.478 e. The molecule has 0 atom stereocenters. The Kier molecular flexibility index (Phi) is 10.8. The van der Waals surface area contributed by atoms with Crippen molar-refractivity contribution in [1.82, 2.24) is 0 Å². The van der Waals surface area contributed by atoms with Crippen molar-refractivity contribution in [2.45, 2.75) is 97.3 Å². The quantitative estimate of drug-likeness (QED) is 0.356. The fourth-order valence-electron chi connectivity index (χ4n) is 3.69. The topological polar surface area (TPSA) is 74.6 Å². The van der Waals surface area contributed by atoms with Crippen LogP contribution in [0, 0.1) is 0 Å². The summed E-state index contributed by atoms with van der Waals surface area (Å²) in [4.78, 5) is 23.2. The Hall–Kier alpha value is -1.84. The van der Waals surface area contributed by atoms with Crippen LogP contribution in [-0.2, 0) is 6.42 Å². The Morgan fingerprint density at radius 3 is 1.78 bits per heavy atom. The standard InChI is InChI=1S/C23H36O4/c1-4-5-6-7-8-9-10-11-12-13-14-19-18(17(2)3)15-16-20(22(24)25)21(19)23(26)27/h15-17H,4-14H2,1-3H3,(H,24,25)(H,26,27). The maximum Gasteiger partial charge on any atom is 0.336 e. The van der Waals surface area contributed by atoms with Crippen molar-refractivity contribution in [2.24, 2.45) is 0 Å². The summed E-state index contributed by atoms with van der Waals surface area (Å²) in [6.07, 6.45) is 12.8. The average Bonchev–Trinajstić information content (AvgIpc) is 2.62. The van der Waals surface area contributed by atoms with Gasteiger partial charge in [-0.25, -0.2) is 9.59 Å². The molecule has 0 unspecified atom stereocenters. The van der Waals surface area contributed by atoms with Gasteiger partial charge >= 0.3 is 11.9 Å². The predicted octanol–water partition coefficient (Wildman–Crippen LogP) is 6.67. The summed E-state index contributed by atoms with van der Waals surface area (Å²) in [5.74, 6) is -2.15. The zero-order valence-electron chi connectivity index (χ0n) is 17.2. The molecule has 152 valence electrons. The highest BCUT2D eigenvalue weighted by atomic mass is 16.4. The number of hydrogen-bond donors (Lipinski definition) is 2. The maximum atomic E-state index is 11.7. The van der Waals surface area contributed by atoms with Gasteiger partial charge in [0, 0.05) is 0 Å². The third-order valence-electron chi connectivity index (χ3n) is 5.20. The van der Waals surface area contributed by atoms with Crippen LogP contribution in [0.25, 0.3) is 0 Å². The molecule has 4 heteroatoms. The van der Waals surface area contributed by atoms with Crippen molar-refractivity contribution >= 4 is 11.9 Å². The van der Waals surface area contributed by atoms with Crippen LogP contribution in [0.5, 0.6) is 0 Å².